The third-order valence-electron chi connectivity index (χ3n) is 4.47. The summed E-state index contributed by atoms with van der Waals surface area (Å²) in [5, 5.41) is 19.4. The van der Waals surface area contributed by atoms with Crippen LogP contribution in [0.15, 0.2) is 64.7 Å². The van der Waals surface area contributed by atoms with Crippen molar-refractivity contribution >= 4 is 39.1 Å². The van der Waals surface area contributed by atoms with Gasteiger partial charge in [0.25, 0.3) is 15.9 Å². The van der Waals surface area contributed by atoms with Crippen LogP contribution in [0.3, 0.4) is 0 Å². The largest absolute Gasteiger partial charge is 0.505 e. The first-order valence-corrected chi connectivity index (χ1v) is 11.2. The van der Waals surface area contributed by atoms with Gasteiger partial charge in [0.2, 0.25) is 0 Å². The Hall–Kier alpha value is -3.74. The molecule has 2 rings (SSSR count). The first-order chi connectivity index (χ1) is 15.4. The molecule has 0 aliphatic rings. The van der Waals surface area contributed by atoms with E-state index in [9.17, 15) is 28.2 Å². The summed E-state index contributed by atoms with van der Waals surface area (Å²) in [4.78, 5) is 24.4. The second-order valence-electron chi connectivity index (χ2n) is 7.02. The molecular weight excluding hydrogens is 468 g/mol. The van der Waals surface area contributed by atoms with Gasteiger partial charge in [0, 0.05) is 25.2 Å². The number of carbonyl (C=O) groups excluding carboxylic acids is 1. The molecule has 0 saturated carbocycles. The molecule has 172 valence electrons. The van der Waals surface area contributed by atoms with Crippen molar-refractivity contribution in [1.29, 1.82) is 0 Å². The van der Waals surface area contributed by atoms with E-state index in [1.807, 2.05) is 0 Å². The number of rotatable bonds is 7. The zero-order valence-corrected chi connectivity index (χ0v) is 19.5. The highest BCUT2D eigenvalue weighted by Gasteiger charge is 2.26. The molecule has 0 aliphatic carbocycles. The van der Waals surface area contributed by atoms with E-state index in [0.717, 1.165) is 12.1 Å². The van der Waals surface area contributed by atoms with Gasteiger partial charge < -0.3 is 15.1 Å². The number of terminal acetylenes is 1. The maximum atomic E-state index is 13.1. The Balaban J connectivity index is 2.66. The maximum absolute atomic E-state index is 13.1. The summed E-state index contributed by atoms with van der Waals surface area (Å²) < 4.78 is 28.4. The fourth-order valence-corrected chi connectivity index (χ4v) is 4.19. The van der Waals surface area contributed by atoms with Crippen LogP contribution in [0.1, 0.15) is 22.8 Å². The molecule has 0 atom stereocenters. The molecule has 1 amide bonds. The van der Waals surface area contributed by atoms with E-state index in [-0.39, 0.29) is 27.4 Å². The van der Waals surface area contributed by atoms with Gasteiger partial charge in [-0.1, -0.05) is 47.9 Å². The Bertz CT molecular complexity index is 1310. The Morgan fingerprint density at radius 1 is 1.15 bits per heavy atom. The molecule has 0 unspecified atom stereocenters. The standard InChI is InChI=1S/C23H21ClN2O6S/c1-5-15(16-9-7-6-8-10-16)12-19(14(2)23(29)30)25-33(31,32)20-13-17(22(28)26(3)4)11-18(24)21(20)27/h1,6-13,25,27H,2-4H3,(H,29,30)/b15-12+,19-14-. The van der Waals surface area contributed by atoms with E-state index in [0.29, 0.717) is 5.56 Å². The zero-order valence-electron chi connectivity index (χ0n) is 18.0. The number of carboxylic acid groups (broad SMARTS) is 1. The predicted octanol–water partition coefficient (Wildman–Crippen LogP) is 3.10. The molecular formula is C23H21ClN2O6S. The van der Waals surface area contributed by atoms with Crippen molar-refractivity contribution in [2.45, 2.75) is 11.8 Å². The van der Waals surface area contributed by atoms with Gasteiger partial charge in [0.05, 0.1) is 16.3 Å². The van der Waals surface area contributed by atoms with Gasteiger partial charge in [-0.3, -0.25) is 9.52 Å². The topological polar surface area (TPSA) is 124 Å². The van der Waals surface area contributed by atoms with Crippen LogP contribution in [0.25, 0.3) is 5.57 Å². The molecule has 2 aromatic carbocycles. The average molecular weight is 489 g/mol. The van der Waals surface area contributed by atoms with E-state index >= 15 is 0 Å². The summed E-state index contributed by atoms with van der Waals surface area (Å²) in [6.07, 6.45) is 6.76. The number of nitrogens with one attached hydrogen (secondary N) is 1. The summed E-state index contributed by atoms with van der Waals surface area (Å²) in [7, 11) is -1.68. The van der Waals surface area contributed by atoms with E-state index in [2.05, 4.69) is 10.6 Å². The number of hydrogen-bond donors (Lipinski definition) is 3. The quantitative estimate of drug-likeness (QED) is 0.312. The average Bonchev–Trinajstić information content (AvgIpc) is 2.77. The summed E-state index contributed by atoms with van der Waals surface area (Å²) >= 11 is 5.95. The third kappa shape index (κ3) is 5.94. The monoisotopic (exact) mass is 488 g/mol. The number of sulfonamides is 1. The molecule has 0 saturated heterocycles. The molecule has 0 fully saturated rings. The Kier molecular flexibility index (Phi) is 7.93. The van der Waals surface area contributed by atoms with E-state index in [4.69, 9.17) is 18.0 Å². The normalized spacial score (nSPS) is 12.4. The summed E-state index contributed by atoms with van der Waals surface area (Å²) in [6.45, 7) is 1.19. The second-order valence-corrected chi connectivity index (χ2v) is 9.08. The summed E-state index contributed by atoms with van der Waals surface area (Å²) in [6, 6.07) is 10.6. The molecule has 0 radical (unpaired) electrons. The lowest BCUT2D eigenvalue weighted by atomic mass is 10.0. The Morgan fingerprint density at radius 3 is 2.27 bits per heavy atom. The molecule has 8 nitrogen and oxygen atoms in total. The van der Waals surface area contributed by atoms with Crippen molar-refractivity contribution in [2.24, 2.45) is 0 Å². The van der Waals surface area contributed by atoms with E-state index < -0.39 is 32.5 Å². The number of aromatic hydroxyl groups is 1. The number of allylic oxidation sites excluding steroid dienone is 2. The second kappa shape index (κ2) is 10.3. The highest BCUT2D eigenvalue weighted by atomic mass is 35.5. The first-order valence-electron chi connectivity index (χ1n) is 9.34. The molecule has 0 spiro atoms. The maximum Gasteiger partial charge on any atom is 0.333 e. The number of amides is 1. The zero-order chi connectivity index (χ0) is 24.9. The van der Waals surface area contributed by atoms with Crippen molar-refractivity contribution in [2.75, 3.05) is 14.1 Å². The van der Waals surface area contributed by atoms with Gasteiger partial charge >= 0.3 is 5.97 Å². The summed E-state index contributed by atoms with van der Waals surface area (Å²) in [5.74, 6) is -0.339. The number of benzene rings is 2. The first kappa shape index (κ1) is 25.5. The number of halogens is 1. The van der Waals surface area contributed by atoms with E-state index in [1.54, 1.807) is 30.3 Å². The lowest BCUT2D eigenvalue weighted by molar-refractivity contribution is -0.132. The highest BCUT2D eigenvalue weighted by molar-refractivity contribution is 7.89. The molecule has 0 aromatic heterocycles. The number of phenols is 1. The van der Waals surface area contributed by atoms with Gasteiger partial charge in [0.1, 0.15) is 4.90 Å². The van der Waals surface area contributed by atoms with Crippen molar-refractivity contribution < 1.29 is 28.2 Å². The van der Waals surface area contributed by atoms with Gasteiger partial charge in [0.15, 0.2) is 5.75 Å². The number of aliphatic carboxylic acids is 1. The lowest BCUT2D eigenvalue weighted by Crippen LogP contribution is -2.26. The van der Waals surface area contributed by atoms with Gasteiger partial charge in [-0.15, -0.1) is 6.42 Å². The van der Waals surface area contributed by atoms with Crippen LogP contribution in [0, 0.1) is 12.3 Å². The number of carbonyl (C=O) groups is 2. The van der Waals surface area contributed by atoms with Crippen LogP contribution in [-0.2, 0) is 14.8 Å². The Labute approximate surface area is 196 Å². The minimum absolute atomic E-state index is 0.0900. The van der Waals surface area contributed by atoms with Crippen LogP contribution in [0.2, 0.25) is 5.02 Å². The molecule has 33 heavy (non-hydrogen) atoms. The molecule has 3 N–H and O–H groups in total. The highest BCUT2D eigenvalue weighted by Crippen LogP contribution is 2.33. The Morgan fingerprint density at radius 2 is 1.76 bits per heavy atom. The fourth-order valence-electron chi connectivity index (χ4n) is 2.66. The number of nitrogens with zero attached hydrogens (tertiary/aromatic N) is 1. The third-order valence-corrected chi connectivity index (χ3v) is 6.14. The van der Waals surface area contributed by atoms with Crippen LogP contribution >= 0.6 is 11.6 Å². The fraction of sp³-hybridized carbons (Fsp3) is 0.130. The van der Waals surface area contributed by atoms with Crippen LogP contribution in [0.5, 0.6) is 5.75 Å². The van der Waals surface area contributed by atoms with Crippen molar-refractivity contribution in [1.82, 2.24) is 9.62 Å². The molecule has 10 heteroatoms. The summed E-state index contributed by atoms with van der Waals surface area (Å²) in [5.41, 5.74) is -0.00706. The SMILES string of the molecule is C#C/C(=C\C(NS(=O)(=O)c1cc(C(=O)N(C)C)cc(Cl)c1O)=C(/C)C(=O)O)c1ccccc1. The molecule has 2 aromatic rings. The number of hydrogen-bond acceptors (Lipinski definition) is 5. The smallest absolute Gasteiger partial charge is 0.333 e. The van der Waals surface area contributed by atoms with Gasteiger partial charge in [-0.25, -0.2) is 13.2 Å². The van der Waals surface area contributed by atoms with E-state index in [1.165, 1.54) is 32.0 Å². The van der Waals surface area contributed by atoms with Crippen LogP contribution in [-0.4, -0.2) is 49.5 Å². The molecule has 0 aliphatic heterocycles. The molecule has 0 heterocycles. The van der Waals surface area contributed by atoms with Crippen molar-refractivity contribution in [3.63, 3.8) is 0 Å². The van der Waals surface area contributed by atoms with Crippen LogP contribution in [0.4, 0.5) is 0 Å². The van der Waals surface area contributed by atoms with Gasteiger partial charge in [-0.05, 0) is 30.7 Å². The minimum Gasteiger partial charge on any atom is -0.505 e. The minimum atomic E-state index is -4.60. The number of phenolic OH excluding ortho intramolecular Hbond substituents is 1. The van der Waals surface area contributed by atoms with Gasteiger partial charge in [-0.2, -0.15) is 0 Å². The lowest BCUT2D eigenvalue weighted by Gasteiger charge is -2.16. The number of carboxylic acids is 1. The van der Waals surface area contributed by atoms with Crippen LogP contribution < -0.4 is 4.72 Å². The van der Waals surface area contributed by atoms with Crippen molar-refractivity contribution in [3.05, 3.63) is 76.0 Å². The van der Waals surface area contributed by atoms with Crippen molar-refractivity contribution in [3.8, 4) is 18.1 Å². The molecule has 0 bridgehead atoms. The predicted molar refractivity (Wildman–Crippen MR) is 125 cm³/mol.